The van der Waals surface area contributed by atoms with E-state index in [1.54, 1.807) is 13.1 Å². The summed E-state index contributed by atoms with van der Waals surface area (Å²) in [5.41, 5.74) is 1.13. The van der Waals surface area contributed by atoms with E-state index in [-0.39, 0.29) is 38.2 Å². The van der Waals surface area contributed by atoms with Gasteiger partial charge in [-0.3, -0.25) is 9.69 Å². The first-order valence-corrected chi connectivity index (χ1v) is 8.73. The van der Waals surface area contributed by atoms with Gasteiger partial charge in [-0.25, -0.2) is 0 Å². The Morgan fingerprint density at radius 3 is 2.17 bits per heavy atom. The van der Waals surface area contributed by atoms with Crippen molar-refractivity contribution in [2.24, 2.45) is 0 Å². The van der Waals surface area contributed by atoms with Crippen LogP contribution >= 0.6 is 58.0 Å². The molecule has 0 aromatic heterocycles. The van der Waals surface area contributed by atoms with E-state index >= 15 is 0 Å². The number of hydrogen-bond donors (Lipinski definition) is 1. The van der Waals surface area contributed by atoms with Crippen LogP contribution < -0.4 is 5.32 Å². The number of nitrogens with zero attached hydrogens (tertiary/aromatic N) is 1. The molecule has 0 atom stereocenters. The fourth-order valence-electron chi connectivity index (χ4n) is 2.08. The second-order valence-electron chi connectivity index (χ2n) is 5.16. The Balaban J connectivity index is 2.05. The van der Waals surface area contributed by atoms with Crippen LogP contribution in [0.1, 0.15) is 5.56 Å². The topological polar surface area (TPSA) is 32.3 Å². The van der Waals surface area contributed by atoms with Gasteiger partial charge in [0, 0.05) is 11.6 Å². The van der Waals surface area contributed by atoms with Crippen molar-refractivity contribution in [1.82, 2.24) is 4.90 Å². The van der Waals surface area contributed by atoms with Crippen molar-refractivity contribution in [3.63, 3.8) is 0 Å². The highest BCUT2D eigenvalue weighted by Gasteiger charge is 2.17. The van der Waals surface area contributed by atoms with Crippen molar-refractivity contribution in [3.8, 4) is 0 Å². The second kappa shape index (κ2) is 8.61. The zero-order valence-corrected chi connectivity index (χ0v) is 16.3. The van der Waals surface area contributed by atoms with Crippen LogP contribution in [0, 0.1) is 0 Å². The fourth-order valence-corrected chi connectivity index (χ4v) is 3.18. The van der Waals surface area contributed by atoms with E-state index in [9.17, 15) is 4.79 Å². The third-order valence-corrected chi connectivity index (χ3v) is 5.13. The van der Waals surface area contributed by atoms with Crippen LogP contribution in [0.4, 0.5) is 5.69 Å². The number of nitrogens with one attached hydrogen (secondary N) is 1. The summed E-state index contributed by atoms with van der Waals surface area (Å²) in [5.74, 6) is -0.299. The summed E-state index contributed by atoms with van der Waals surface area (Å²) in [7, 11) is 1.80. The van der Waals surface area contributed by atoms with Crippen molar-refractivity contribution < 1.29 is 4.79 Å². The minimum absolute atomic E-state index is 0.113. The molecule has 1 amide bonds. The lowest BCUT2D eigenvalue weighted by Gasteiger charge is -2.18. The van der Waals surface area contributed by atoms with Crippen molar-refractivity contribution in [2.75, 3.05) is 18.9 Å². The molecule has 0 heterocycles. The summed E-state index contributed by atoms with van der Waals surface area (Å²) in [5, 5.41) is 4.02. The SMILES string of the molecule is CN(CC(=O)Nc1c(Cl)c(Cl)cc(Cl)c1Cl)Cc1ccccc1Cl. The quantitative estimate of drug-likeness (QED) is 0.593. The van der Waals surface area contributed by atoms with Crippen LogP contribution in [0.15, 0.2) is 30.3 Å². The molecule has 0 unspecified atom stereocenters. The molecule has 0 bridgehead atoms. The minimum atomic E-state index is -0.299. The maximum atomic E-state index is 12.2. The number of benzene rings is 2. The lowest BCUT2D eigenvalue weighted by atomic mass is 10.2. The third kappa shape index (κ3) is 4.92. The molecule has 2 aromatic carbocycles. The molecular weight excluding hydrogens is 413 g/mol. The zero-order valence-electron chi connectivity index (χ0n) is 12.5. The maximum Gasteiger partial charge on any atom is 0.238 e. The molecule has 0 saturated heterocycles. The molecule has 0 aliphatic rings. The van der Waals surface area contributed by atoms with Gasteiger partial charge >= 0.3 is 0 Å². The van der Waals surface area contributed by atoms with E-state index in [1.165, 1.54) is 6.07 Å². The van der Waals surface area contributed by atoms with Crippen LogP contribution in [0.3, 0.4) is 0 Å². The highest BCUT2D eigenvalue weighted by molar-refractivity contribution is 6.50. The predicted octanol–water partition coefficient (Wildman–Crippen LogP) is 6.02. The van der Waals surface area contributed by atoms with Crippen molar-refractivity contribution in [3.05, 3.63) is 61.0 Å². The largest absolute Gasteiger partial charge is 0.322 e. The van der Waals surface area contributed by atoms with Crippen molar-refractivity contribution >= 4 is 69.6 Å². The monoisotopic (exact) mass is 424 g/mol. The highest BCUT2D eigenvalue weighted by Crippen LogP contribution is 2.40. The van der Waals surface area contributed by atoms with E-state index in [1.807, 2.05) is 23.1 Å². The van der Waals surface area contributed by atoms with Crippen LogP contribution in [0.5, 0.6) is 0 Å². The molecule has 24 heavy (non-hydrogen) atoms. The summed E-state index contributed by atoms with van der Waals surface area (Å²) in [4.78, 5) is 14.0. The Labute approximate surface area is 165 Å². The molecule has 0 radical (unpaired) electrons. The average Bonchev–Trinajstić information content (AvgIpc) is 2.52. The van der Waals surface area contributed by atoms with Crippen molar-refractivity contribution in [1.29, 1.82) is 0 Å². The summed E-state index contributed by atoms with van der Waals surface area (Å²) >= 11 is 30.2. The zero-order chi connectivity index (χ0) is 17.9. The molecule has 2 rings (SSSR count). The smallest absolute Gasteiger partial charge is 0.238 e. The maximum absolute atomic E-state index is 12.2. The Hall–Kier alpha value is -0.680. The van der Waals surface area contributed by atoms with E-state index in [4.69, 9.17) is 58.0 Å². The summed E-state index contributed by atoms with van der Waals surface area (Å²) < 4.78 is 0. The number of hydrogen-bond acceptors (Lipinski definition) is 2. The normalized spacial score (nSPS) is 11.0. The molecule has 0 saturated carbocycles. The van der Waals surface area contributed by atoms with Gasteiger partial charge in [-0.15, -0.1) is 0 Å². The Bertz CT molecular complexity index is 740. The molecule has 3 nitrogen and oxygen atoms in total. The summed E-state index contributed by atoms with van der Waals surface area (Å²) in [6.45, 7) is 0.632. The molecule has 0 fully saturated rings. The molecule has 0 aliphatic carbocycles. The molecular formula is C16H13Cl5N2O. The molecule has 0 spiro atoms. The highest BCUT2D eigenvalue weighted by atomic mass is 35.5. The Morgan fingerprint density at radius 2 is 1.58 bits per heavy atom. The first-order chi connectivity index (χ1) is 11.3. The van der Waals surface area contributed by atoms with Gasteiger partial charge in [0.25, 0.3) is 0 Å². The standard InChI is InChI=1S/C16H13Cl5N2O/c1-23(7-9-4-2-3-5-10(9)17)8-13(24)22-16-14(20)11(18)6-12(19)15(16)21/h2-6H,7-8H2,1H3,(H,22,24). The van der Waals surface area contributed by atoms with Crippen LogP contribution in [0.2, 0.25) is 25.1 Å². The van der Waals surface area contributed by atoms with E-state index in [0.717, 1.165) is 5.56 Å². The summed E-state index contributed by atoms with van der Waals surface area (Å²) in [6.07, 6.45) is 0. The first-order valence-electron chi connectivity index (χ1n) is 6.84. The second-order valence-corrected chi connectivity index (χ2v) is 7.13. The number of amides is 1. The molecule has 2 aromatic rings. The Morgan fingerprint density at radius 1 is 1.00 bits per heavy atom. The van der Waals surface area contributed by atoms with Gasteiger partial charge in [0.1, 0.15) is 0 Å². The average molecular weight is 427 g/mol. The lowest BCUT2D eigenvalue weighted by Crippen LogP contribution is -2.30. The molecule has 128 valence electrons. The van der Waals surface area contributed by atoms with Crippen molar-refractivity contribution in [2.45, 2.75) is 6.54 Å². The van der Waals surface area contributed by atoms with E-state index in [0.29, 0.717) is 11.6 Å². The number of rotatable bonds is 5. The third-order valence-electron chi connectivity index (χ3n) is 3.19. The summed E-state index contributed by atoms with van der Waals surface area (Å²) in [6, 6.07) is 8.88. The minimum Gasteiger partial charge on any atom is -0.322 e. The number of carbonyl (C=O) groups excluding carboxylic acids is 1. The van der Waals surface area contributed by atoms with Gasteiger partial charge in [-0.05, 0) is 24.7 Å². The molecule has 0 aliphatic heterocycles. The molecule has 8 heteroatoms. The lowest BCUT2D eigenvalue weighted by molar-refractivity contribution is -0.117. The van der Waals surface area contributed by atoms with Gasteiger partial charge in [-0.1, -0.05) is 76.2 Å². The van der Waals surface area contributed by atoms with Gasteiger partial charge < -0.3 is 5.32 Å². The number of anilines is 1. The van der Waals surface area contributed by atoms with Gasteiger partial charge in [0.2, 0.25) is 5.91 Å². The van der Waals surface area contributed by atoms with Crippen LogP contribution in [0.25, 0.3) is 0 Å². The fraction of sp³-hybridized carbons (Fsp3) is 0.188. The number of likely N-dealkylation sites (N-methyl/N-ethyl adjacent to an activating group) is 1. The first kappa shape index (κ1) is 19.6. The van der Waals surface area contributed by atoms with Gasteiger partial charge in [0.15, 0.2) is 0 Å². The number of carbonyl (C=O) groups is 1. The van der Waals surface area contributed by atoms with E-state index < -0.39 is 0 Å². The van der Waals surface area contributed by atoms with Crippen LogP contribution in [-0.4, -0.2) is 24.4 Å². The Kier molecular flexibility index (Phi) is 7.05. The van der Waals surface area contributed by atoms with Crippen LogP contribution in [-0.2, 0) is 11.3 Å². The van der Waals surface area contributed by atoms with Gasteiger partial charge in [-0.2, -0.15) is 0 Å². The number of halogens is 5. The molecule has 1 N–H and O–H groups in total. The van der Waals surface area contributed by atoms with Gasteiger partial charge in [0.05, 0.1) is 32.3 Å². The van der Waals surface area contributed by atoms with E-state index in [2.05, 4.69) is 5.32 Å². The predicted molar refractivity (Wildman–Crippen MR) is 103 cm³/mol.